The second kappa shape index (κ2) is 9.39. The van der Waals surface area contributed by atoms with E-state index in [9.17, 15) is 9.59 Å². The van der Waals surface area contributed by atoms with Crippen molar-refractivity contribution in [3.05, 3.63) is 53.7 Å². The fourth-order valence-corrected chi connectivity index (χ4v) is 2.08. The van der Waals surface area contributed by atoms with Gasteiger partial charge >= 0.3 is 5.97 Å². The summed E-state index contributed by atoms with van der Waals surface area (Å²) in [6, 6.07) is 10.3. The van der Waals surface area contributed by atoms with Crippen LogP contribution in [0.4, 0.5) is 11.5 Å². The Morgan fingerprint density at radius 3 is 2.36 bits per heavy atom. The van der Waals surface area contributed by atoms with Crippen molar-refractivity contribution < 1.29 is 19.1 Å². The molecule has 0 unspecified atom stereocenters. The Balaban J connectivity index is 1.91. The summed E-state index contributed by atoms with van der Waals surface area (Å²) in [7, 11) is 2.97. The quantitative estimate of drug-likeness (QED) is 0.565. The Kier molecular flexibility index (Phi) is 6.91. The van der Waals surface area contributed by atoms with E-state index in [2.05, 4.69) is 20.4 Å². The van der Waals surface area contributed by atoms with Crippen molar-refractivity contribution in [2.45, 2.75) is 6.42 Å². The van der Waals surface area contributed by atoms with Gasteiger partial charge < -0.3 is 20.1 Å². The number of methoxy groups -OCH3 is 2. The van der Waals surface area contributed by atoms with Gasteiger partial charge in [-0.25, -0.2) is 9.78 Å². The molecular formula is C18H21N3O4. The molecule has 7 heteroatoms. The van der Waals surface area contributed by atoms with Gasteiger partial charge in [0.15, 0.2) is 0 Å². The highest BCUT2D eigenvalue weighted by Gasteiger charge is 2.07. The molecule has 0 saturated carbocycles. The summed E-state index contributed by atoms with van der Waals surface area (Å²) in [6.45, 7) is 1.16. The Morgan fingerprint density at radius 1 is 1.04 bits per heavy atom. The molecule has 1 heterocycles. The van der Waals surface area contributed by atoms with Crippen LogP contribution in [0.3, 0.4) is 0 Å². The number of rotatable bonds is 8. The van der Waals surface area contributed by atoms with E-state index in [1.807, 2.05) is 0 Å². The molecule has 2 aromatic rings. The van der Waals surface area contributed by atoms with Crippen molar-refractivity contribution in [2.24, 2.45) is 0 Å². The molecule has 7 nitrogen and oxygen atoms in total. The van der Waals surface area contributed by atoms with E-state index in [1.165, 1.54) is 13.3 Å². The molecule has 2 N–H and O–H groups in total. The maximum Gasteiger partial charge on any atom is 0.337 e. The lowest BCUT2D eigenvalue weighted by atomic mass is 10.2. The lowest BCUT2D eigenvalue weighted by Crippen LogP contribution is -2.25. The Labute approximate surface area is 146 Å². The number of ether oxygens (including phenoxy) is 2. The molecule has 1 aromatic heterocycles. The molecule has 0 fully saturated rings. The molecule has 0 aliphatic rings. The normalized spacial score (nSPS) is 10.2. The number of benzene rings is 1. The number of carbonyl (C=O) groups excluding carboxylic acids is 2. The third-order valence-corrected chi connectivity index (χ3v) is 3.41. The number of carbonyl (C=O) groups is 2. The SMILES string of the molecule is COCCCNC(=O)c1ccc(Nc2ccc(C(=O)OC)cc2)nc1. The zero-order chi connectivity index (χ0) is 18.1. The average molecular weight is 343 g/mol. The first-order chi connectivity index (χ1) is 12.1. The molecule has 2 rings (SSSR count). The standard InChI is InChI=1S/C18H21N3O4/c1-24-11-3-10-19-17(22)14-6-9-16(20-12-14)21-15-7-4-13(5-8-15)18(23)25-2/h4-9,12H,3,10-11H2,1-2H3,(H,19,22)(H,20,21). The van der Waals surface area contributed by atoms with Gasteiger partial charge in [-0.05, 0) is 42.8 Å². The third kappa shape index (κ3) is 5.58. The zero-order valence-corrected chi connectivity index (χ0v) is 14.2. The van der Waals surface area contributed by atoms with Crippen molar-refractivity contribution in [3.8, 4) is 0 Å². The van der Waals surface area contributed by atoms with Crippen LogP contribution in [0.15, 0.2) is 42.6 Å². The van der Waals surface area contributed by atoms with Gasteiger partial charge in [-0.2, -0.15) is 0 Å². The van der Waals surface area contributed by atoms with Crippen LogP contribution in [-0.2, 0) is 9.47 Å². The van der Waals surface area contributed by atoms with Crippen LogP contribution in [0.1, 0.15) is 27.1 Å². The number of amides is 1. The van der Waals surface area contributed by atoms with Crippen molar-refractivity contribution in [2.75, 3.05) is 32.7 Å². The van der Waals surface area contributed by atoms with Crippen LogP contribution >= 0.6 is 0 Å². The van der Waals surface area contributed by atoms with Gasteiger partial charge in [-0.3, -0.25) is 4.79 Å². The smallest absolute Gasteiger partial charge is 0.337 e. The molecule has 0 spiro atoms. The van der Waals surface area contributed by atoms with Crippen LogP contribution in [0, 0.1) is 0 Å². The molecule has 0 atom stereocenters. The van der Waals surface area contributed by atoms with Crippen molar-refractivity contribution in [1.29, 1.82) is 0 Å². The lowest BCUT2D eigenvalue weighted by Gasteiger charge is -2.08. The molecule has 1 amide bonds. The number of aromatic nitrogens is 1. The van der Waals surface area contributed by atoms with Gasteiger partial charge in [-0.1, -0.05) is 0 Å². The number of hydrogen-bond donors (Lipinski definition) is 2. The minimum Gasteiger partial charge on any atom is -0.465 e. The van der Waals surface area contributed by atoms with Crippen molar-refractivity contribution in [3.63, 3.8) is 0 Å². The van der Waals surface area contributed by atoms with Gasteiger partial charge in [0.1, 0.15) is 5.82 Å². The zero-order valence-electron chi connectivity index (χ0n) is 14.2. The molecule has 25 heavy (non-hydrogen) atoms. The van der Waals surface area contributed by atoms with Gasteiger partial charge in [0.05, 0.1) is 18.2 Å². The molecule has 0 saturated heterocycles. The largest absolute Gasteiger partial charge is 0.465 e. The Morgan fingerprint density at radius 2 is 1.76 bits per heavy atom. The minimum absolute atomic E-state index is 0.169. The summed E-state index contributed by atoms with van der Waals surface area (Å²) in [4.78, 5) is 27.6. The summed E-state index contributed by atoms with van der Waals surface area (Å²) in [5.74, 6) is 0.0462. The van der Waals surface area contributed by atoms with Crippen LogP contribution in [-0.4, -0.2) is 44.2 Å². The first kappa shape index (κ1) is 18.4. The van der Waals surface area contributed by atoms with E-state index >= 15 is 0 Å². The number of nitrogens with one attached hydrogen (secondary N) is 2. The van der Waals surface area contributed by atoms with E-state index < -0.39 is 0 Å². The van der Waals surface area contributed by atoms with E-state index in [4.69, 9.17) is 4.74 Å². The highest BCUT2D eigenvalue weighted by atomic mass is 16.5. The van der Waals surface area contributed by atoms with Crippen LogP contribution < -0.4 is 10.6 Å². The fraction of sp³-hybridized carbons (Fsp3) is 0.278. The first-order valence-electron chi connectivity index (χ1n) is 7.82. The minimum atomic E-state index is -0.384. The van der Waals surface area contributed by atoms with Crippen LogP contribution in [0.2, 0.25) is 0 Å². The van der Waals surface area contributed by atoms with Gasteiger partial charge in [-0.15, -0.1) is 0 Å². The van der Waals surface area contributed by atoms with E-state index in [0.29, 0.717) is 30.1 Å². The molecule has 0 aliphatic carbocycles. The number of nitrogens with zero attached hydrogens (tertiary/aromatic N) is 1. The maximum absolute atomic E-state index is 12.0. The summed E-state index contributed by atoms with van der Waals surface area (Å²) in [5, 5.41) is 5.90. The number of esters is 1. The molecule has 132 valence electrons. The summed E-state index contributed by atoms with van der Waals surface area (Å²) in [6.07, 6.45) is 2.27. The summed E-state index contributed by atoms with van der Waals surface area (Å²) in [5.41, 5.74) is 1.74. The summed E-state index contributed by atoms with van der Waals surface area (Å²) >= 11 is 0. The van der Waals surface area contributed by atoms with E-state index in [1.54, 1.807) is 43.5 Å². The third-order valence-electron chi connectivity index (χ3n) is 3.41. The number of anilines is 2. The number of hydrogen-bond acceptors (Lipinski definition) is 6. The second-order valence-electron chi connectivity index (χ2n) is 5.23. The second-order valence-corrected chi connectivity index (χ2v) is 5.23. The highest BCUT2D eigenvalue weighted by molar-refractivity contribution is 5.94. The Hall–Kier alpha value is -2.93. The van der Waals surface area contributed by atoms with Crippen molar-refractivity contribution in [1.82, 2.24) is 10.3 Å². The predicted molar refractivity (Wildman–Crippen MR) is 94.1 cm³/mol. The topological polar surface area (TPSA) is 89.6 Å². The monoisotopic (exact) mass is 343 g/mol. The molecular weight excluding hydrogens is 322 g/mol. The van der Waals surface area contributed by atoms with E-state index in [0.717, 1.165) is 12.1 Å². The molecule has 0 radical (unpaired) electrons. The van der Waals surface area contributed by atoms with Gasteiger partial charge in [0.25, 0.3) is 5.91 Å². The van der Waals surface area contributed by atoms with E-state index in [-0.39, 0.29) is 11.9 Å². The average Bonchev–Trinajstić information content (AvgIpc) is 2.65. The first-order valence-corrected chi connectivity index (χ1v) is 7.82. The number of pyridine rings is 1. The maximum atomic E-state index is 12.0. The molecule has 0 bridgehead atoms. The van der Waals surface area contributed by atoms with Crippen LogP contribution in [0.5, 0.6) is 0 Å². The van der Waals surface area contributed by atoms with Crippen LogP contribution in [0.25, 0.3) is 0 Å². The van der Waals surface area contributed by atoms with Gasteiger partial charge in [0.2, 0.25) is 0 Å². The summed E-state index contributed by atoms with van der Waals surface area (Å²) < 4.78 is 9.59. The molecule has 1 aromatic carbocycles. The fourth-order valence-electron chi connectivity index (χ4n) is 2.08. The highest BCUT2D eigenvalue weighted by Crippen LogP contribution is 2.16. The van der Waals surface area contributed by atoms with Crippen molar-refractivity contribution >= 4 is 23.4 Å². The predicted octanol–water partition coefficient (Wildman–Crippen LogP) is 2.38. The van der Waals surface area contributed by atoms with Gasteiger partial charge in [0, 0.05) is 32.1 Å². The molecule has 0 aliphatic heterocycles. The lowest BCUT2D eigenvalue weighted by molar-refractivity contribution is 0.0600. The Bertz CT molecular complexity index is 699.